The normalized spacial score (nSPS) is 21.9. The summed E-state index contributed by atoms with van der Waals surface area (Å²) in [6.07, 6.45) is 2.47. The molecule has 0 spiro atoms. The molecule has 0 amide bonds. The van der Waals surface area contributed by atoms with Gasteiger partial charge >= 0.3 is 0 Å². The van der Waals surface area contributed by atoms with Crippen molar-refractivity contribution in [2.45, 2.75) is 20.0 Å². The van der Waals surface area contributed by atoms with E-state index in [1.54, 1.807) is 0 Å². The zero-order chi connectivity index (χ0) is 11.3. The molecule has 3 heteroatoms. The summed E-state index contributed by atoms with van der Waals surface area (Å²) >= 11 is 0. The molecule has 1 heterocycles. The van der Waals surface area contributed by atoms with E-state index in [9.17, 15) is 0 Å². The summed E-state index contributed by atoms with van der Waals surface area (Å²) in [5.74, 6) is 0. The lowest BCUT2D eigenvalue weighted by Gasteiger charge is -2.41. The fourth-order valence-electron chi connectivity index (χ4n) is 2.14. The third-order valence-corrected chi connectivity index (χ3v) is 3.39. The molecule has 1 fully saturated rings. The molecule has 1 rings (SSSR count). The van der Waals surface area contributed by atoms with Crippen LogP contribution in [0.5, 0.6) is 0 Å². The Morgan fingerprint density at radius 1 is 1.27 bits per heavy atom. The van der Waals surface area contributed by atoms with Gasteiger partial charge in [-0.2, -0.15) is 0 Å². The topological polar surface area (TPSA) is 9.72 Å². The lowest BCUT2D eigenvalue weighted by molar-refractivity contribution is 0.0500. The molecule has 0 saturated carbocycles. The molecule has 0 aromatic heterocycles. The fourth-order valence-corrected chi connectivity index (χ4v) is 2.14. The van der Waals surface area contributed by atoms with E-state index in [4.69, 9.17) is 0 Å². The van der Waals surface area contributed by atoms with Gasteiger partial charge in [0.25, 0.3) is 0 Å². The summed E-state index contributed by atoms with van der Waals surface area (Å²) < 4.78 is 0. The zero-order valence-electron chi connectivity index (χ0n) is 10.4. The molecule has 1 unspecified atom stereocenters. The molecule has 0 bridgehead atoms. The maximum atomic E-state index is 3.95. The molecule has 3 nitrogen and oxygen atoms in total. The smallest absolute Gasteiger partial charge is 0.0810 e. The summed E-state index contributed by atoms with van der Waals surface area (Å²) in [5.41, 5.74) is 0. The molecule has 0 radical (unpaired) electrons. The zero-order valence-corrected chi connectivity index (χ0v) is 10.4. The summed E-state index contributed by atoms with van der Waals surface area (Å²) in [6, 6.07) is 0. The third kappa shape index (κ3) is 3.30. The standard InChI is InChI=1S/C12H25N3/c1-5-12(13(4)6-2)15-10-8-14(7-3)9-11-15/h5,12H,1,6-11H2,2-4H3. The van der Waals surface area contributed by atoms with Crippen molar-refractivity contribution in [1.29, 1.82) is 0 Å². The first-order chi connectivity index (χ1) is 7.22. The van der Waals surface area contributed by atoms with Gasteiger partial charge in [-0.05, 0) is 20.1 Å². The van der Waals surface area contributed by atoms with Crippen molar-refractivity contribution in [2.24, 2.45) is 0 Å². The fraction of sp³-hybridized carbons (Fsp3) is 0.833. The predicted molar refractivity (Wildman–Crippen MR) is 66.0 cm³/mol. The van der Waals surface area contributed by atoms with E-state index >= 15 is 0 Å². The average molecular weight is 211 g/mol. The second kappa shape index (κ2) is 6.26. The SMILES string of the molecule is C=CC(N(C)CC)N1CCN(CC)CC1. The van der Waals surface area contributed by atoms with Gasteiger partial charge in [-0.1, -0.05) is 19.9 Å². The lowest BCUT2D eigenvalue weighted by Crippen LogP contribution is -2.54. The van der Waals surface area contributed by atoms with Crippen molar-refractivity contribution in [1.82, 2.24) is 14.7 Å². The molecule has 0 aliphatic carbocycles. The van der Waals surface area contributed by atoms with E-state index in [1.165, 1.54) is 19.6 Å². The first-order valence-corrected chi connectivity index (χ1v) is 6.02. The van der Waals surface area contributed by atoms with Crippen LogP contribution in [0.3, 0.4) is 0 Å². The molecule has 0 aromatic rings. The highest BCUT2D eigenvalue weighted by molar-refractivity contribution is 4.88. The number of nitrogens with zero attached hydrogens (tertiary/aromatic N) is 3. The van der Waals surface area contributed by atoms with Crippen molar-refractivity contribution in [3.05, 3.63) is 12.7 Å². The van der Waals surface area contributed by atoms with Gasteiger partial charge in [-0.3, -0.25) is 9.80 Å². The van der Waals surface area contributed by atoms with E-state index < -0.39 is 0 Å². The van der Waals surface area contributed by atoms with Gasteiger partial charge in [0.05, 0.1) is 6.17 Å². The molecule has 15 heavy (non-hydrogen) atoms. The molecule has 0 N–H and O–H groups in total. The molecule has 1 saturated heterocycles. The highest BCUT2D eigenvalue weighted by Crippen LogP contribution is 2.09. The van der Waals surface area contributed by atoms with Gasteiger partial charge in [0.2, 0.25) is 0 Å². The van der Waals surface area contributed by atoms with Crippen molar-refractivity contribution in [3.63, 3.8) is 0 Å². The Labute approximate surface area is 94.3 Å². The van der Waals surface area contributed by atoms with Crippen LogP contribution in [0, 0.1) is 0 Å². The molecule has 0 aromatic carbocycles. The van der Waals surface area contributed by atoms with Gasteiger partial charge < -0.3 is 4.90 Å². The Bertz CT molecular complexity index is 185. The highest BCUT2D eigenvalue weighted by Gasteiger charge is 2.22. The number of rotatable bonds is 5. The number of hydrogen-bond donors (Lipinski definition) is 0. The largest absolute Gasteiger partial charge is 0.301 e. The summed E-state index contributed by atoms with van der Waals surface area (Å²) in [6.45, 7) is 15.3. The van der Waals surface area contributed by atoms with Crippen molar-refractivity contribution in [2.75, 3.05) is 46.3 Å². The van der Waals surface area contributed by atoms with E-state index in [1.807, 2.05) is 0 Å². The molecule has 1 aliphatic heterocycles. The van der Waals surface area contributed by atoms with Crippen molar-refractivity contribution in [3.8, 4) is 0 Å². The van der Waals surface area contributed by atoms with Crippen LogP contribution in [0.1, 0.15) is 13.8 Å². The summed E-state index contributed by atoms with van der Waals surface area (Å²) in [5, 5.41) is 0. The highest BCUT2D eigenvalue weighted by atomic mass is 15.4. The van der Waals surface area contributed by atoms with Crippen molar-refractivity contribution < 1.29 is 0 Å². The van der Waals surface area contributed by atoms with Crippen LogP contribution in [0.2, 0.25) is 0 Å². The van der Waals surface area contributed by atoms with Crippen LogP contribution in [0.4, 0.5) is 0 Å². The monoisotopic (exact) mass is 211 g/mol. The van der Waals surface area contributed by atoms with E-state index in [-0.39, 0.29) is 0 Å². The number of piperazine rings is 1. The van der Waals surface area contributed by atoms with E-state index in [2.05, 4.69) is 48.2 Å². The second-order valence-corrected chi connectivity index (χ2v) is 4.19. The van der Waals surface area contributed by atoms with Gasteiger partial charge in [0.1, 0.15) is 0 Å². The van der Waals surface area contributed by atoms with Crippen LogP contribution in [0.15, 0.2) is 12.7 Å². The van der Waals surface area contributed by atoms with E-state index in [0.29, 0.717) is 6.17 Å². The van der Waals surface area contributed by atoms with Gasteiger partial charge in [0, 0.05) is 26.2 Å². The minimum atomic E-state index is 0.411. The lowest BCUT2D eigenvalue weighted by atomic mass is 10.2. The maximum absolute atomic E-state index is 3.95. The van der Waals surface area contributed by atoms with Gasteiger partial charge in [0.15, 0.2) is 0 Å². The van der Waals surface area contributed by atoms with Crippen LogP contribution in [0.25, 0.3) is 0 Å². The van der Waals surface area contributed by atoms with E-state index in [0.717, 1.165) is 19.6 Å². The molecular formula is C12H25N3. The molecule has 1 atom stereocenters. The van der Waals surface area contributed by atoms with Gasteiger partial charge in [-0.25, -0.2) is 0 Å². The Morgan fingerprint density at radius 3 is 2.27 bits per heavy atom. The number of likely N-dealkylation sites (N-methyl/N-ethyl adjacent to an activating group) is 2. The quantitative estimate of drug-likeness (QED) is 0.630. The predicted octanol–water partition coefficient (Wildman–Crippen LogP) is 1.09. The number of hydrogen-bond acceptors (Lipinski definition) is 3. The summed E-state index contributed by atoms with van der Waals surface area (Å²) in [7, 11) is 2.17. The van der Waals surface area contributed by atoms with Crippen LogP contribution in [-0.4, -0.2) is 67.2 Å². The summed E-state index contributed by atoms with van der Waals surface area (Å²) in [4.78, 5) is 7.36. The minimum absolute atomic E-state index is 0.411. The second-order valence-electron chi connectivity index (χ2n) is 4.19. The van der Waals surface area contributed by atoms with Crippen LogP contribution >= 0.6 is 0 Å². The maximum Gasteiger partial charge on any atom is 0.0810 e. The van der Waals surface area contributed by atoms with Gasteiger partial charge in [-0.15, -0.1) is 6.58 Å². The Hall–Kier alpha value is -0.380. The van der Waals surface area contributed by atoms with Crippen LogP contribution < -0.4 is 0 Å². The first kappa shape index (κ1) is 12.7. The first-order valence-electron chi connectivity index (χ1n) is 6.02. The Morgan fingerprint density at radius 2 is 1.87 bits per heavy atom. The minimum Gasteiger partial charge on any atom is -0.301 e. The molecule has 88 valence electrons. The third-order valence-electron chi connectivity index (χ3n) is 3.39. The molecule has 1 aliphatic rings. The molecular weight excluding hydrogens is 186 g/mol. The average Bonchev–Trinajstić information content (AvgIpc) is 2.30. The van der Waals surface area contributed by atoms with Crippen LogP contribution in [-0.2, 0) is 0 Å². The Kier molecular flexibility index (Phi) is 5.29. The van der Waals surface area contributed by atoms with Crippen molar-refractivity contribution >= 4 is 0 Å². The Balaban J connectivity index is 2.46.